The molecular formula is C27H25F6N7O2S. The molecule has 2 aromatic carbocycles. The molecule has 0 aliphatic rings. The zero-order valence-electron chi connectivity index (χ0n) is 22.7. The highest BCUT2D eigenvalue weighted by Crippen LogP contribution is 2.44. The number of alkyl halides is 5. The van der Waals surface area contributed by atoms with E-state index in [0.717, 1.165) is 18.2 Å². The quantitative estimate of drug-likeness (QED) is 0.132. The Labute approximate surface area is 245 Å². The molecular weight excluding hydrogens is 600 g/mol. The van der Waals surface area contributed by atoms with E-state index in [0.29, 0.717) is 58.9 Å². The Morgan fingerprint density at radius 3 is 2.42 bits per heavy atom. The van der Waals surface area contributed by atoms with Gasteiger partial charge in [-0.1, -0.05) is 29.5 Å². The number of carbonyl (C=O) groups excluding carboxylic acids is 1. The van der Waals surface area contributed by atoms with Gasteiger partial charge in [-0.05, 0) is 42.8 Å². The smallest absolute Gasteiger partial charge is 0.380 e. The number of aromatic nitrogens is 3. The van der Waals surface area contributed by atoms with E-state index in [2.05, 4.69) is 20.6 Å². The number of amides is 2. The van der Waals surface area contributed by atoms with Gasteiger partial charge in [0.2, 0.25) is 5.95 Å². The van der Waals surface area contributed by atoms with Gasteiger partial charge in [0.25, 0.3) is 0 Å². The highest BCUT2D eigenvalue weighted by atomic mass is 32.1. The largest absolute Gasteiger partial charge is 0.458 e. The lowest BCUT2D eigenvalue weighted by atomic mass is 10.1. The number of benzene rings is 2. The van der Waals surface area contributed by atoms with E-state index in [-0.39, 0.29) is 17.3 Å². The Morgan fingerprint density at radius 2 is 1.77 bits per heavy atom. The summed E-state index contributed by atoms with van der Waals surface area (Å²) in [5.41, 5.74) is 5.49. The van der Waals surface area contributed by atoms with Gasteiger partial charge in [0.15, 0.2) is 5.13 Å². The first-order valence-corrected chi connectivity index (χ1v) is 13.4. The molecule has 0 spiro atoms. The van der Waals surface area contributed by atoms with E-state index in [9.17, 15) is 31.1 Å². The number of nitrogens with zero attached hydrogens (tertiary/aromatic N) is 4. The molecule has 0 fully saturated rings. The van der Waals surface area contributed by atoms with Crippen molar-refractivity contribution in [2.45, 2.75) is 19.0 Å². The first kappa shape index (κ1) is 31.5. The average molecular weight is 626 g/mol. The Kier molecular flexibility index (Phi) is 9.40. The van der Waals surface area contributed by atoms with Gasteiger partial charge in [-0.2, -0.15) is 22.0 Å². The molecule has 2 amide bonds. The average Bonchev–Trinajstić information content (AvgIpc) is 3.40. The Hall–Kier alpha value is -4.44. The van der Waals surface area contributed by atoms with E-state index in [1.807, 2.05) is 18.9 Å². The van der Waals surface area contributed by atoms with Crippen LogP contribution in [-0.2, 0) is 10.7 Å². The van der Waals surface area contributed by atoms with Crippen LogP contribution in [0.2, 0.25) is 0 Å². The number of hydrogen-bond donors (Lipinski definition) is 3. The second-order valence-corrected chi connectivity index (χ2v) is 9.99. The number of nitrogen functional groups attached to an aromatic ring is 1. The van der Waals surface area contributed by atoms with Crippen LogP contribution in [0.25, 0.3) is 21.8 Å². The van der Waals surface area contributed by atoms with Crippen molar-refractivity contribution in [3.63, 3.8) is 0 Å². The molecule has 9 nitrogen and oxygen atoms in total. The van der Waals surface area contributed by atoms with Crippen molar-refractivity contribution in [2.75, 3.05) is 48.1 Å². The third kappa shape index (κ3) is 7.32. The lowest BCUT2D eigenvalue weighted by Gasteiger charge is -2.20. The van der Waals surface area contributed by atoms with Crippen molar-refractivity contribution >= 4 is 39.8 Å². The molecule has 16 heteroatoms. The van der Waals surface area contributed by atoms with Gasteiger partial charge in [-0.15, -0.1) is 0 Å². The SMILES string of the molecule is CCOCCN(C)c1nc(-c2ccnc(N)n2)c(-c2ccc(F)c(NC(=O)Nc3ccc(C(F)(F)C(F)(F)F)cc3)c2)s1. The number of ether oxygens (including phenoxy) is 1. The van der Waals surface area contributed by atoms with Gasteiger partial charge in [0.1, 0.15) is 11.5 Å². The number of rotatable bonds is 10. The van der Waals surface area contributed by atoms with E-state index in [1.165, 1.54) is 29.7 Å². The summed E-state index contributed by atoms with van der Waals surface area (Å²) in [6.45, 7) is 3.44. The molecule has 4 N–H and O–H groups in total. The van der Waals surface area contributed by atoms with Crippen molar-refractivity contribution in [3.8, 4) is 21.8 Å². The molecule has 43 heavy (non-hydrogen) atoms. The van der Waals surface area contributed by atoms with E-state index in [4.69, 9.17) is 15.5 Å². The Morgan fingerprint density at radius 1 is 1.05 bits per heavy atom. The first-order valence-electron chi connectivity index (χ1n) is 12.6. The molecule has 0 bridgehead atoms. The number of hydrogen-bond acceptors (Lipinski definition) is 8. The Bertz CT molecular complexity index is 1580. The molecule has 0 aliphatic carbocycles. The van der Waals surface area contributed by atoms with Gasteiger partial charge in [0, 0.05) is 37.6 Å². The molecule has 0 saturated heterocycles. The molecule has 0 unspecified atom stereocenters. The van der Waals surface area contributed by atoms with Crippen LogP contribution in [0, 0.1) is 5.82 Å². The van der Waals surface area contributed by atoms with Gasteiger partial charge in [-0.25, -0.2) is 24.1 Å². The van der Waals surface area contributed by atoms with Crippen LogP contribution >= 0.6 is 11.3 Å². The monoisotopic (exact) mass is 625 g/mol. The number of thiazole rings is 1. The van der Waals surface area contributed by atoms with Crippen molar-refractivity contribution in [1.82, 2.24) is 15.0 Å². The van der Waals surface area contributed by atoms with Crippen LogP contribution in [0.5, 0.6) is 0 Å². The number of carbonyl (C=O) groups is 1. The maximum Gasteiger partial charge on any atom is 0.458 e. The lowest BCUT2D eigenvalue weighted by Crippen LogP contribution is -2.33. The predicted molar refractivity (Wildman–Crippen MR) is 152 cm³/mol. The fraction of sp³-hybridized carbons (Fsp3) is 0.259. The van der Waals surface area contributed by atoms with Gasteiger partial charge in [0.05, 0.1) is 22.9 Å². The fourth-order valence-electron chi connectivity index (χ4n) is 3.76. The van der Waals surface area contributed by atoms with E-state index in [1.54, 1.807) is 6.07 Å². The summed E-state index contributed by atoms with van der Waals surface area (Å²) < 4.78 is 85.1. The standard InChI is InChI=1S/C27H25F6N7O2S/c1-3-42-13-12-40(2)25-39-21(19-10-11-35-23(34)37-19)22(43-25)15-4-9-18(28)20(14-15)38-24(41)36-17-7-5-16(6-8-17)26(29,30)27(31,32)33/h4-11,14H,3,12-13H2,1-2H3,(H2,34,35,37)(H2,36,38,41). The maximum absolute atomic E-state index is 14.8. The first-order chi connectivity index (χ1) is 20.3. The lowest BCUT2D eigenvalue weighted by molar-refractivity contribution is -0.289. The van der Waals surface area contributed by atoms with Gasteiger partial charge >= 0.3 is 18.1 Å². The summed E-state index contributed by atoms with van der Waals surface area (Å²) >= 11 is 1.29. The number of urea groups is 1. The highest BCUT2D eigenvalue weighted by molar-refractivity contribution is 7.19. The minimum Gasteiger partial charge on any atom is -0.380 e. The number of likely N-dealkylation sites (N-methyl/N-ethyl adjacent to an activating group) is 1. The summed E-state index contributed by atoms with van der Waals surface area (Å²) in [4.78, 5) is 27.9. The summed E-state index contributed by atoms with van der Waals surface area (Å²) in [6, 6.07) is 7.48. The molecule has 4 aromatic rings. The highest BCUT2D eigenvalue weighted by Gasteiger charge is 2.58. The second-order valence-electron chi connectivity index (χ2n) is 9.02. The maximum atomic E-state index is 14.8. The molecule has 2 aromatic heterocycles. The molecule has 0 saturated carbocycles. The van der Waals surface area contributed by atoms with Crippen LogP contribution in [0.15, 0.2) is 54.7 Å². The summed E-state index contributed by atoms with van der Waals surface area (Å²) in [5, 5.41) is 5.22. The van der Waals surface area contributed by atoms with Crippen molar-refractivity contribution in [3.05, 3.63) is 66.1 Å². The third-order valence-electron chi connectivity index (χ3n) is 5.97. The molecule has 4 rings (SSSR count). The zero-order chi connectivity index (χ0) is 31.4. The van der Waals surface area contributed by atoms with Crippen LogP contribution < -0.4 is 21.3 Å². The van der Waals surface area contributed by atoms with Gasteiger partial charge in [-0.3, -0.25) is 0 Å². The van der Waals surface area contributed by atoms with Crippen LogP contribution in [0.1, 0.15) is 12.5 Å². The van der Waals surface area contributed by atoms with E-state index >= 15 is 0 Å². The van der Waals surface area contributed by atoms with Gasteiger partial charge < -0.3 is 26.0 Å². The van der Waals surface area contributed by atoms with Crippen molar-refractivity contribution < 1.29 is 35.9 Å². The van der Waals surface area contributed by atoms with E-state index < -0.39 is 29.5 Å². The summed E-state index contributed by atoms with van der Waals surface area (Å²) in [6.07, 6.45) is -4.31. The predicted octanol–water partition coefficient (Wildman–Crippen LogP) is 6.76. The third-order valence-corrected chi connectivity index (χ3v) is 7.19. The Balaban J connectivity index is 1.59. The number of halogens is 6. The van der Waals surface area contributed by atoms with Crippen LogP contribution in [0.4, 0.5) is 53.6 Å². The number of anilines is 4. The molecule has 0 radical (unpaired) electrons. The van der Waals surface area contributed by atoms with Crippen LogP contribution in [0.3, 0.4) is 0 Å². The van der Waals surface area contributed by atoms with Crippen molar-refractivity contribution in [1.29, 1.82) is 0 Å². The number of nitrogens with one attached hydrogen (secondary N) is 2. The topological polar surface area (TPSA) is 118 Å². The summed E-state index contributed by atoms with van der Waals surface area (Å²) in [5.74, 6) is -5.83. The minimum absolute atomic E-state index is 0.0241. The zero-order valence-corrected chi connectivity index (χ0v) is 23.5. The molecule has 0 atom stereocenters. The minimum atomic E-state index is -5.78. The van der Waals surface area contributed by atoms with Crippen molar-refractivity contribution in [2.24, 2.45) is 0 Å². The second kappa shape index (κ2) is 12.8. The van der Waals surface area contributed by atoms with Crippen LogP contribution in [-0.4, -0.2) is 54.0 Å². The number of nitrogens with two attached hydrogens (primary N) is 1. The molecule has 228 valence electrons. The molecule has 0 aliphatic heterocycles. The normalized spacial score (nSPS) is 11.8. The molecule has 2 heterocycles. The fourth-order valence-corrected chi connectivity index (χ4v) is 4.82. The summed E-state index contributed by atoms with van der Waals surface area (Å²) in [7, 11) is 1.83.